The van der Waals surface area contributed by atoms with Crippen LogP contribution in [0.15, 0.2) is 54.6 Å². The summed E-state index contributed by atoms with van der Waals surface area (Å²) >= 11 is 0. The first kappa shape index (κ1) is 18.2. The predicted molar refractivity (Wildman–Crippen MR) is 96.5 cm³/mol. The van der Waals surface area contributed by atoms with E-state index in [0.29, 0.717) is 23.4 Å². The van der Waals surface area contributed by atoms with Crippen molar-refractivity contribution in [1.29, 1.82) is 0 Å². The maximum absolute atomic E-state index is 12.2. The van der Waals surface area contributed by atoms with E-state index in [1.807, 2.05) is 13.0 Å². The summed E-state index contributed by atoms with van der Waals surface area (Å²) in [4.78, 5) is 37.4. The molecule has 0 radical (unpaired) electrons. The molecule has 0 aliphatic carbocycles. The van der Waals surface area contributed by atoms with Crippen LogP contribution in [0.5, 0.6) is 0 Å². The van der Waals surface area contributed by atoms with Crippen LogP contribution in [0.3, 0.4) is 0 Å². The summed E-state index contributed by atoms with van der Waals surface area (Å²) in [6, 6.07) is 15.4. The summed E-state index contributed by atoms with van der Waals surface area (Å²) in [6.45, 7) is 2.34. The van der Waals surface area contributed by atoms with Gasteiger partial charge in [0.25, 0.3) is 11.8 Å². The highest BCUT2D eigenvalue weighted by Gasteiger charge is 2.14. The Kier molecular flexibility index (Phi) is 6.28. The van der Waals surface area contributed by atoms with Crippen LogP contribution in [0.1, 0.15) is 27.6 Å². The molecule has 0 aliphatic heterocycles. The molecule has 0 unspecified atom stereocenters. The molecule has 2 N–H and O–H groups in total. The summed E-state index contributed by atoms with van der Waals surface area (Å²) in [5.74, 6) is -0.687. The number of carbonyl (C=O) groups is 3. The number of benzene rings is 2. The average molecular weight is 339 g/mol. The van der Waals surface area contributed by atoms with E-state index in [2.05, 4.69) is 10.6 Å². The van der Waals surface area contributed by atoms with E-state index in [-0.39, 0.29) is 24.3 Å². The number of rotatable bonds is 6. The van der Waals surface area contributed by atoms with Crippen molar-refractivity contribution in [3.8, 4) is 0 Å². The maximum atomic E-state index is 12.2. The Morgan fingerprint density at radius 2 is 1.56 bits per heavy atom. The first-order valence-corrected chi connectivity index (χ1v) is 8.00. The Morgan fingerprint density at radius 1 is 0.920 bits per heavy atom. The minimum atomic E-state index is -0.308. The lowest BCUT2D eigenvalue weighted by molar-refractivity contribution is -0.116. The normalized spacial score (nSPS) is 10.0. The molecule has 0 saturated carbocycles. The summed E-state index contributed by atoms with van der Waals surface area (Å²) in [5, 5.41) is 5.42. The minimum absolute atomic E-state index is 0.0637. The van der Waals surface area contributed by atoms with Gasteiger partial charge in [-0.1, -0.05) is 18.2 Å². The standard InChI is InChI=1S/C19H21N3O3/c1-3-20-18(24)14-9-11-16(12-10-14)21-17(23)13-22(2)19(25)15-7-5-4-6-8-15/h4-12H,3,13H2,1-2H3,(H,20,24)(H,21,23). The topological polar surface area (TPSA) is 78.5 Å². The van der Waals surface area contributed by atoms with E-state index < -0.39 is 0 Å². The average Bonchev–Trinajstić information content (AvgIpc) is 2.62. The fourth-order valence-corrected chi connectivity index (χ4v) is 2.26. The summed E-state index contributed by atoms with van der Waals surface area (Å²) in [5.41, 5.74) is 1.62. The lowest BCUT2D eigenvalue weighted by Crippen LogP contribution is -2.34. The van der Waals surface area contributed by atoms with Crippen molar-refractivity contribution in [3.05, 3.63) is 65.7 Å². The van der Waals surface area contributed by atoms with Crippen LogP contribution < -0.4 is 10.6 Å². The molecule has 0 aliphatic rings. The first-order valence-electron chi connectivity index (χ1n) is 8.00. The summed E-state index contributed by atoms with van der Waals surface area (Å²) in [7, 11) is 1.58. The van der Waals surface area contributed by atoms with Gasteiger partial charge in [0.05, 0.1) is 6.54 Å². The van der Waals surface area contributed by atoms with Gasteiger partial charge in [-0.3, -0.25) is 14.4 Å². The van der Waals surface area contributed by atoms with Crippen LogP contribution in [0.2, 0.25) is 0 Å². The van der Waals surface area contributed by atoms with Crippen molar-refractivity contribution in [3.63, 3.8) is 0 Å². The van der Waals surface area contributed by atoms with Gasteiger partial charge in [0.15, 0.2) is 0 Å². The van der Waals surface area contributed by atoms with Gasteiger partial charge < -0.3 is 15.5 Å². The zero-order valence-electron chi connectivity index (χ0n) is 14.3. The zero-order valence-corrected chi connectivity index (χ0v) is 14.3. The Bertz CT molecular complexity index is 742. The van der Waals surface area contributed by atoms with Crippen molar-refractivity contribution < 1.29 is 14.4 Å². The zero-order chi connectivity index (χ0) is 18.2. The highest BCUT2D eigenvalue weighted by molar-refractivity contribution is 5.99. The Labute approximate surface area is 146 Å². The van der Waals surface area contributed by atoms with Gasteiger partial charge in [-0.15, -0.1) is 0 Å². The van der Waals surface area contributed by atoms with Gasteiger partial charge in [-0.2, -0.15) is 0 Å². The molecule has 0 heterocycles. The molecule has 0 atom stereocenters. The molecule has 0 aromatic heterocycles. The number of likely N-dealkylation sites (N-methyl/N-ethyl adjacent to an activating group) is 1. The molecule has 2 aromatic rings. The second-order valence-corrected chi connectivity index (χ2v) is 5.51. The van der Waals surface area contributed by atoms with Crippen LogP contribution in [-0.4, -0.2) is 42.8 Å². The Hall–Kier alpha value is -3.15. The van der Waals surface area contributed by atoms with Gasteiger partial charge in [-0.05, 0) is 43.3 Å². The molecular formula is C19H21N3O3. The van der Waals surface area contributed by atoms with Gasteiger partial charge in [0.1, 0.15) is 0 Å². The SMILES string of the molecule is CCNC(=O)c1ccc(NC(=O)CN(C)C(=O)c2ccccc2)cc1. The maximum Gasteiger partial charge on any atom is 0.254 e. The van der Waals surface area contributed by atoms with Crippen molar-refractivity contribution in [2.45, 2.75) is 6.92 Å². The molecule has 130 valence electrons. The number of hydrogen-bond acceptors (Lipinski definition) is 3. The number of nitrogens with one attached hydrogen (secondary N) is 2. The molecule has 6 nitrogen and oxygen atoms in total. The van der Waals surface area contributed by atoms with E-state index in [4.69, 9.17) is 0 Å². The monoisotopic (exact) mass is 339 g/mol. The van der Waals surface area contributed by atoms with Crippen molar-refractivity contribution in [2.75, 3.05) is 25.5 Å². The number of carbonyl (C=O) groups excluding carboxylic acids is 3. The van der Waals surface area contributed by atoms with E-state index in [0.717, 1.165) is 0 Å². The van der Waals surface area contributed by atoms with Crippen LogP contribution in [0.25, 0.3) is 0 Å². The van der Waals surface area contributed by atoms with E-state index in [1.165, 1.54) is 4.90 Å². The van der Waals surface area contributed by atoms with E-state index in [1.54, 1.807) is 55.6 Å². The summed E-state index contributed by atoms with van der Waals surface area (Å²) < 4.78 is 0. The fourth-order valence-electron chi connectivity index (χ4n) is 2.26. The molecule has 2 aromatic carbocycles. The number of anilines is 1. The number of amides is 3. The molecular weight excluding hydrogens is 318 g/mol. The molecule has 0 bridgehead atoms. The molecule has 6 heteroatoms. The number of hydrogen-bond donors (Lipinski definition) is 2. The van der Waals surface area contributed by atoms with Gasteiger partial charge in [0.2, 0.25) is 5.91 Å². The highest BCUT2D eigenvalue weighted by atomic mass is 16.2. The quantitative estimate of drug-likeness (QED) is 0.846. The highest BCUT2D eigenvalue weighted by Crippen LogP contribution is 2.10. The predicted octanol–water partition coefficient (Wildman–Crippen LogP) is 2.15. The van der Waals surface area contributed by atoms with Gasteiger partial charge in [0, 0.05) is 30.4 Å². The van der Waals surface area contributed by atoms with Crippen LogP contribution in [-0.2, 0) is 4.79 Å². The van der Waals surface area contributed by atoms with Gasteiger partial charge in [-0.25, -0.2) is 0 Å². The molecule has 3 amide bonds. The number of nitrogens with zero attached hydrogens (tertiary/aromatic N) is 1. The van der Waals surface area contributed by atoms with Crippen molar-refractivity contribution in [2.24, 2.45) is 0 Å². The summed E-state index contributed by atoms with van der Waals surface area (Å²) in [6.07, 6.45) is 0. The third-order valence-corrected chi connectivity index (χ3v) is 3.52. The lowest BCUT2D eigenvalue weighted by Gasteiger charge is -2.17. The van der Waals surface area contributed by atoms with E-state index >= 15 is 0 Å². The third-order valence-electron chi connectivity index (χ3n) is 3.52. The largest absolute Gasteiger partial charge is 0.352 e. The van der Waals surface area contributed by atoms with Crippen LogP contribution in [0.4, 0.5) is 5.69 Å². The van der Waals surface area contributed by atoms with Crippen LogP contribution >= 0.6 is 0 Å². The first-order chi connectivity index (χ1) is 12.0. The smallest absolute Gasteiger partial charge is 0.254 e. The molecule has 0 spiro atoms. The van der Waals surface area contributed by atoms with Crippen molar-refractivity contribution >= 4 is 23.4 Å². The molecule has 25 heavy (non-hydrogen) atoms. The Morgan fingerprint density at radius 3 is 2.16 bits per heavy atom. The second-order valence-electron chi connectivity index (χ2n) is 5.51. The van der Waals surface area contributed by atoms with E-state index in [9.17, 15) is 14.4 Å². The Balaban J connectivity index is 1.91. The minimum Gasteiger partial charge on any atom is -0.352 e. The molecule has 0 fully saturated rings. The van der Waals surface area contributed by atoms with Crippen LogP contribution in [0, 0.1) is 0 Å². The second kappa shape index (κ2) is 8.63. The fraction of sp³-hybridized carbons (Fsp3) is 0.211. The third kappa shape index (κ3) is 5.17. The lowest BCUT2D eigenvalue weighted by atomic mass is 10.2. The van der Waals surface area contributed by atoms with Gasteiger partial charge >= 0.3 is 0 Å². The molecule has 2 rings (SSSR count). The van der Waals surface area contributed by atoms with Crippen molar-refractivity contribution in [1.82, 2.24) is 10.2 Å². The molecule has 0 saturated heterocycles.